The third-order valence-electron chi connectivity index (χ3n) is 4.60. The molecule has 1 spiro atoms. The molecule has 3 heterocycles. The predicted molar refractivity (Wildman–Crippen MR) is 74.0 cm³/mol. The van der Waals surface area contributed by atoms with Crippen molar-refractivity contribution in [3.8, 4) is 0 Å². The summed E-state index contributed by atoms with van der Waals surface area (Å²) < 4.78 is 13.7. The molecule has 2 fully saturated rings. The zero-order chi connectivity index (χ0) is 14.9. The molecule has 3 rings (SSSR count). The van der Waals surface area contributed by atoms with E-state index in [-0.39, 0.29) is 22.8 Å². The lowest BCUT2D eigenvalue weighted by atomic mass is 9.79. The van der Waals surface area contributed by atoms with Crippen LogP contribution in [0.25, 0.3) is 0 Å². The molecule has 1 atom stereocenters. The summed E-state index contributed by atoms with van der Waals surface area (Å²) in [5, 5.41) is 2.88. The molecule has 1 aromatic heterocycles. The molecular weight excluding hydrogens is 273 g/mol. The van der Waals surface area contributed by atoms with E-state index in [4.69, 9.17) is 0 Å². The largest absolute Gasteiger partial charge is 0.356 e. The van der Waals surface area contributed by atoms with Gasteiger partial charge in [-0.25, -0.2) is 4.39 Å². The highest BCUT2D eigenvalue weighted by atomic mass is 19.1. The molecule has 0 saturated carbocycles. The van der Waals surface area contributed by atoms with E-state index in [1.54, 1.807) is 4.90 Å². The summed E-state index contributed by atoms with van der Waals surface area (Å²) in [6.07, 6.45) is 5.51. The molecule has 2 amide bonds. The molecular formula is C15H18FN3O2. The van der Waals surface area contributed by atoms with Gasteiger partial charge in [0.2, 0.25) is 5.91 Å². The number of hydrogen-bond acceptors (Lipinski definition) is 3. The molecule has 2 aliphatic rings. The fourth-order valence-corrected chi connectivity index (χ4v) is 3.31. The van der Waals surface area contributed by atoms with Crippen LogP contribution in [0.15, 0.2) is 18.5 Å². The van der Waals surface area contributed by atoms with E-state index < -0.39 is 5.82 Å². The minimum Gasteiger partial charge on any atom is -0.356 e. The third kappa shape index (κ3) is 2.50. The van der Waals surface area contributed by atoms with Gasteiger partial charge in [0, 0.05) is 25.8 Å². The van der Waals surface area contributed by atoms with Gasteiger partial charge in [-0.05, 0) is 31.7 Å². The van der Waals surface area contributed by atoms with Crippen LogP contribution >= 0.6 is 0 Å². The highest BCUT2D eigenvalue weighted by Gasteiger charge is 2.43. The second-order valence-corrected chi connectivity index (χ2v) is 5.79. The molecule has 1 aromatic rings. The smallest absolute Gasteiger partial charge is 0.256 e. The van der Waals surface area contributed by atoms with Gasteiger partial charge in [-0.3, -0.25) is 14.6 Å². The summed E-state index contributed by atoms with van der Waals surface area (Å²) in [6.45, 7) is 1.77. The van der Waals surface area contributed by atoms with E-state index in [9.17, 15) is 14.0 Å². The number of likely N-dealkylation sites (tertiary alicyclic amines) is 1. The Hall–Kier alpha value is -1.98. The first kappa shape index (κ1) is 14.0. The SMILES string of the molecule is O=C(c1ccncc1F)N1CCC[C@@]2(CCNC2=O)CC1. The molecule has 2 saturated heterocycles. The molecule has 21 heavy (non-hydrogen) atoms. The van der Waals surface area contributed by atoms with Crippen LogP contribution in [-0.2, 0) is 4.79 Å². The Morgan fingerprint density at radius 1 is 1.33 bits per heavy atom. The lowest BCUT2D eigenvalue weighted by Crippen LogP contribution is -2.35. The molecule has 0 bridgehead atoms. The predicted octanol–water partition coefficient (Wildman–Crippen LogP) is 1.35. The Kier molecular flexibility index (Phi) is 3.61. The summed E-state index contributed by atoms with van der Waals surface area (Å²) in [5.41, 5.74) is -0.275. The fraction of sp³-hybridized carbons (Fsp3) is 0.533. The number of nitrogens with zero attached hydrogens (tertiary/aromatic N) is 2. The van der Waals surface area contributed by atoms with E-state index in [2.05, 4.69) is 10.3 Å². The number of carbonyl (C=O) groups excluding carboxylic acids is 2. The Bertz CT molecular complexity index is 578. The minimum absolute atomic E-state index is 0.0526. The van der Waals surface area contributed by atoms with Crippen LogP contribution in [0.4, 0.5) is 4.39 Å². The zero-order valence-corrected chi connectivity index (χ0v) is 11.8. The summed E-state index contributed by atoms with van der Waals surface area (Å²) in [5.74, 6) is -0.808. The van der Waals surface area contributed by atoms with Crippen molar-refractivity contribution in [1.82, 2.24) is 15.2 Å². The number of carbonyl (C=O) groups is 2. The van der Waals surface area contributed by atoms with Gasteiger partial charge in [-0.1, -0.05) is 0 Å². The molecule has 0 unspecified atom stereocenters. The second kappa shape index (κ2) is 5.42. The Morgan fingerprint density at radius 2 is 2.19 bits per heavy atom. The van der Waals surface area contributed by atoms with Crippen molar-refractivity contribution in [3.05, 3.63) is 29.8 Å². The first-order chi connectivity index (χ1) is 10.1. The number of pyridine rings is 1. The van der Waals surface area contributed by atoms with Gasteiger partial charge in [0.1, 0.15) is 0 Å². The average molecular weight is 291 g/mol. The van der Waals surface area contributed by atoms with E-state index in [0.717, 1.165) is 25.5 Å². The first-order valence-corrected chi connectivity index (χ1v) is 7.29. The van der Waals surface area contributed by atoms with E-state index in [1.165, 1.54) is 12.3 Å². The van der Waals surface area contributed by atoms with Crippen molar-refractivity contribution in [2.75, 3.05) is 19.6 Å². The van der Waals surface area contributed by atoms with Crippen LogP contribution in [0, 0.1) is 11.2 Å². The highest BCUT2D eigenvalue weighted by Crippen LogP contribution is 2.38. The van der Waals surface area contributed by atoms with Crippen LogP contribution in [0.2, 0.25) is 0 Å². The lowest BCUT2D eigenvalue weighted by Gasteiger charge is -2.24. The van der Waals surface area contributed by atoms with Gasteiger partial charge in [-0.15, -0.1) is 0 Å². The van der Waals surface area contributed by atoms with Crippen molar-refractivity contribution in [3.63, 3.8) is 0 Å². The maximum Gasteiger partial charge on any atom is 0.256 e. The molecule has 0 aromatic carbocycles. The minimum atomic E-state index is -0.597. The number of nitrogens with one attached hydrogen (secondary N) is 1. The summed E-state index contributed by atoms with van der Waals surface area (Å²) in [6, 6.07) is 1.40. The van der Waals surface area contributed by atoms with Crippen LogP contribution < -0.4 is 5.32 Å². The van der Waals surface area contributed by atoms with E-state index in [1.807, 2.05) is 0 Å². The van der Waals surface area contributed by atoms with Gasteiger partial charge in [0.25, 0.3) is 5.91 Å². The molecule has 2 aliphatic heterocycles. The Morgan fingerprint density at radius 3 is 2.90 bits per heavy atom. The number of rotatable bonds is 1. The molecule has 5 nitrogen and oxygen atoms in total. The van der Waals surface area contributed by atoms with Crippen LogP contribution in [-0.4, -0.2) is 41.3 Å². The fourth-order valence-electron chi connectivity index (χ4n) is 3.31. The average Bonchev–Trinajstić information content (AvgIpc) is 2.71. The van der Waals surface area contributed by atoms with Crippen LogP contribution in [0.1, 0.15) is 36.0 Å². The van der Waals surface area contributed by atoms with Gasteiger partial charge in [0.15, 0.2) is 5.82 Å². The van der Waals surface area contributed by atoms with Crippen molar-refractivity contribution in [2.24, 2.45) is 5.41 Å². The number of amides is 2. The van der Waals surface area contributed by atoms with Crippen molar-refractivity contribution in [2.45, 2.75) is 25.7 Å². The summed E-state index contributed by atoms with van der Waals surface area (Å²) in [7, 11) is 0. The van der Waals surface area contributed by atoms with Crippen molar-refractivity contribution >= 4 is 11.8 Å². The molecule has 112 valence electrons. The summed E-state index contributed by atoms with van der Waals surface area (Å²) >= 11 is 0. The lowest BCUT2D eigenvalue weighted by molar-refractivity contribution is -0.128. The monoisotopic (exact) mass is 291 g/mol. The third-order valence-corrected chi connectivity index (χ3v) is 4.60. The highest BCUT2D eigenvalue weighted by molar-refractivity contribution is 5.94. The maximum absolute atomic E-state index is 13.7. The normalized spacial score (nSPS) is 25.8. The summed E-state index contributed by atoms with van der Waals surface area (Å²) in [4.78, 5) is 29.7. The molecule has 1 N–H and O–H groups in total. The second-order valence-electron chi connectivity index (χ2n) is 5.79. The van der Waals surface area contributed by atoms with Gasteiger partial charge in [-0.2, -0.15) is 0 Å². The zero-order valence-electron chi connectivity index (χ0n) is 11.8. The van der Waals surface area contributed by atoms with Crippen molar-refractivity contribution in [1.29, 1.82) is 0 Å². The topological polar surface area (TPSA) is 62.3 Å². The molecule has 0 aliphatic carbocycles. The number of aromatic nitrogens is 1. The van der Waals surface area contributed by atoms with Crippen LogP contribution in [0.5, 0.6) is 0 Å². The maximum atomic E-state index is 13.7. The molecule has 0 radical (unpaired) electrons. The van der Waals surface area contributed by atoms with Crippen LogP contribution in [0.3, 0.4) is 0 Å². The molecule has 6 heteroatoms. The van der Waals surface area contributed by atoms with Crippen molar-refractivity contribution < 1.29 is 14.0 Å². The standard InChI is InChI=1S/C15H18FN3O2/c16-12-10-17-6-2-11(12)13(20)19-8-1-3-15(5-9-19)4-7-18-14(15)21/h2,6,10H,1,3-5,7-9H2,(H,18,21)/t15-/m1/s1. The van der Waals surface area contributed by atoms with Gasteiger partial charge in [0.05, 0.1) is 17.2 Å². The van der Waals surface area contributed by atoms with E-state index >= 15 is 0 Å². The van der Waals surface area contributed by atoms with Gasteiger partial charge < -0.3 is 10.2 Å². The Balaban J connectivity index is 1.75. The quantitative estimate of drug-likeness (QED) is 0.849. The Labute approximate surface area is 122 Å². The first-order valence-electron chi connectivity index (χ1n) is 7.29. The number of halogens is 1. The van der Waals surface area contributed by atoms with E-state index in [0.29, 0.717) is 26.1 Å². The van der Waals surface area contributed by atoms with Gasteiger partial charge >= 0.3 is 0 Å². The number of hydrogen-bond donors (Lipinski definition) is 1.